The van der Waals surface area contributed by atoms with Crippen molar-refractivity contribution in [2.45, 2.75) is 29.4 Å². The van der Waals surface area contributed by atoms with E-state index in [0.717, 1.165) is 35.5 Å². The maximum Gasteiger partial charge on any atom is 0.186 e. The topological polar surface area (TPSA) is 73.0 Å². The van der Waals surface area contributed by atoms with Crippen LogP contribution in [0.25, 0.3) is 0 Å². The first-order valence-corrected chi connectivity index (χ1v) is 8.59. The van der Waals surface area contributed by atoms with Crippen LogP contribution >= 0.6 is 11.3 Å². The van der Waals surface area contributed by atoms with Gasteiger partial charge in [-0.15, -0.1) is 11.3 Å². The molecule has 1 aromatic heterocycles. The molecule has 1 heterocycles. The second kappa shape index (κ2) is 4.82. The van der Waals surface area contributed by atoms with Gasteiger partial charge in [-0.25, -0.2) is 17.8 Å². The van der Waals surface area contributed by atoms with Gasteiger partial charge in [-0.2, -0.15) is 0 Å². The van der Waals surface area contributed by atoms with Crippen LogP contribution in [0.15, 0.2) is 29.2 Å². The molecule has 3 rings (SSSR count). The monoisotopic (exact) mass is 312 g/mol. The number of nitrogens with zero attached hydrogens (tertiary/aromatic N) is 1. The average molecular weight is 312 g/mol. The minimum absolute atomic E-state index is 0.142. The number of sulfone groups is 1. The number of nitrogen functional groups attached to an aromatic ring is 1. The summed E-state index contributed by atoms with van der Waals surface area (Å²) in [6.45, 7) is 0. The van der Waals surface area contributed by atoms with E-state index >= 15 is 0 Å². The number of halogens is 1. The molecule has 106 valence electrons. The molecule has 0 aliphatic heterocycles. The van der Waals surface area contributed by atoms with Crippen LogP contribution < -0.4 is 5.73 Å². The van der Waals surface area contributed by atoms with E-state index < -0.39 is 20.9 Å². The van der Waals surface area contributed by atoms with Crippen molar-refractivity contribution < 1.29 is 12.8 Å². The Labute approximate surface area is 120 Å². The van der Waals surface area contributed by atoms with Crippen molar-refractivity contribution in [2.75, 3.05) is 5.73 Å². The number of aromatic nitrogens is 1. The van der Waals surface area contributed by atoms with Crippen LogP contribution in [0.5, 0.6) is 0 Å². The van der Waals surface area contributed by atoms with Gasteiger partial charge in [0.2, 0.25) is 0 Å². The van der Waals surface area contributed by atoms with E-state index in [1.807, 2.05) is 0 Å². The van der Waals surface area contributed by atoms with Crippen molar-refractivity contribution in [2.24, 2.45) is 0 Å². The Balaban J connectivity index is 2.06. The van der Waals surface area contributed by atoms with Gasteiger partial charge in [0.25, 0.3) is 0 Å². The zero-order chi connectivity index (χ0) is 14.3. The van der Waals surface area contributed by atoms with Gasteiger partial charge in [0, 0.05) is 4.88 Å². The first-order valence-electron chi connectivity index (χ1n) is 6.23. The Morgan fingerprint density at radius 1 is 1.30 bits per heavy atom. The lowest BCUT2D eigenvalue weighted by molar-refractivity contribution is 0.560. The van der Waals surface area contributed by atoms with Gasteiger partial charge in [0.15, 0.2) is 15.0 Å². The van der Waals surface area contributed by atoms with Crippen LogP contribution in [0, 0.1) is 5.82 Å². The van der Waals surface area contributed by atoms with Crippen molar-refractivity contribution in [3.63, 3.8) is 0 Å². The maximum absolute atomic E-state index is 12.9. The fraction of sp³-hybridized carbons (Fsp3) is 0.308. The third-order valence-corrected chi connectivity index (χ3v) is 6.77. The van der Waals surface area contributed by atoms with Crippen LogP contribution in [0.3, 0.4) is 0 Å². The summed E-state index contributed by atoms with van der Waals surface area (Å²) in [6.07, 6.45) is 2.08. The van der Waals surface area contributed by atoms with Crippen LogP contribution in [-0.4, -0.2) is 13.4 Å². The molecule has 0 saturated heterocycles. The van der Waals surface area contributed by atoms with Crippen molar-refractivity contribution in [1.29, 1.82) is 0 Å². The molecule has 2 N–H and O–H groups in total. The lowest BCUT2D eigenvalue weighted by atomic mass is 10.0. The molecular weight excluding hydrogens is 299 g/mol. The van der Waals surface area contributed by atoms with Crippen molar-refractivity contribution in [3.05, 3.63) is 40.7 Å². The summed E-state index contributed by atoms with van der Waals surface area (Å²) in [4.78, 5) is 5.07. The molecule has 0 radical (unpaired) electrons. The Morgan fingerprint density at radius 2 is 2.00 bits per heavy atom. The molecule has 0 saturated carbocycles. The van der Waals surface area contributed by atoms with Crippen molar-refractivity contribution >= 4 is 26.3 Å². The van der Waals surface area contributed by atoms with E-state index in [9.17, 15) is 12.8 Å². The van der Waals surface area contributed by atoms with E-state index in [1.165, 1.54) is 23.5 Å². The number of anilines is 1. The van der Waals surface area contributed by atoms with E-state index in [1.54, 1.807) is 0 Å². The van der Waals surface area contributed by atoms with Crippen molar-refractivity contribution in [1.82, 2.24) is 4.98 Å². The van der Waals surface area contributed by atoms with Crippen LogP contribution in [-0.2, 0) is 16.3 Å². The van der Waals surface area contributed by atoms with Crippen LogP contribution in [0.1, 0.15) is 28.7 Å². The molecule has 1 unspecified atom stereocenters. The Morgan fingerprint density at radius 3 is 2.70 bits per heavy atom. The van der Waals surface area contributed by atoms with Crippen molar-refractivity contribution in [3.8, 4) is 0 Å². The summed E-state index contributed by atoms with van der Waals surface area (Å²) in [5, 5.41) is -0.220. The molecule has 0 fully saturated rings. The van der Waals surface area contributed by atoms with Gasteiger partial charge in [0.1, 0.15) is 11.1 Å². The number of benzene rings is 1. The number of thiazole rings is 1. The summed E-state index contributed by atoms with van der Waals surface area (Å²) >= 11 is 1.24. The largest absolute Gasteiger partial charge is 0.375 e. The third kappa shape index (κ3) is 2.20. The molecule has 1 aliphatic carbocycles. The average Bonchev–Trinajstić information content (AvgIpc) is 2.78. The highest BCUT2D eigenvalue weighted by atomic mass is 32.2. The molecule has 0 amide bonds. The first kappa shape index (κ1) is 13.5. The van der Waals surface area contributed by atoms with E-state index in [4.69, 9.17) is 5.73 Å². The fourth-order valence-corrected chi connectivity index (χ4v) is 5.64. The highest BCUT2D eigenvalue weighted by molar-refractivity contribution is 7.91. The second-order valence-electron chi connectivity index (χ2n) is 4.74. The summed E-state index contributed by atoms with van der Waals surface area (Å²) in [6, 6.07) is 4.95. The molecular formula is C13H13FN2O2S2. The second-order valence-corrected chi connectivity index (χ2v) is 7.94. The molecule has 1 aliphatic rings. The minimum atomic E-state index is -3.53. The van der Waals surface area contributed by atoms with E-state index in [2.05, 4.69) is 4.98 Å². The lowest BCUT2D eigenvalue weighted by Gasteiger charge is -2.21. The van der Waals surface area contributed by atoms with Crippen LogP contribution in [0.2, 0.25) is 0 Å². The molecule has 1 atom stereocenters. The molecule has 20 heavy (non-hydrogen) atoms. The molecule has 2 aromatic rings. The predicted octanol–water partition coefficient (Wildman–Crippen LogP) is 2.72. The summed E-state index contributed by atoms with van der Waals surface area (Å²) in [7, 11) is -3.53. The number of hydrogen-bond acceptors (Lipinski definition) is 5. The summed E-state index contributed by atoms with van der Waals surface area (Å²) in [5.74, 6) is -0.449. The Kier molecular flexibility index (Phi) is 3.25. The lowest BCUT2D eigenvalue weighted by Crippen LogP contribution is -2.18. The smallest absolute Gasteiger partial charge is 0.186 e. The predicted molar refractivity (Wildman–Crippen MR) is 75.8 cm³/mol. The number of fused-ring (bicyclic) bond motifs is 1. The summed E-state index contributed by atoms with van der Waals surface area (Å²) < 4.78 is 38.3. The highest BCUT2D eigenvalue weighted by Gasteiger charge is 2.35. The standard InChI is InChI=1S/C13H13FN2O2S2/c14-8-4-6-9(7-5-8)20(17,18)11-3-1-2-10-12(11)19-13(15)16-10/h4-7,11H,1-3H2,(H2,15,16). The minimum Gasteiger partial charge on any atom is -0.375 e. The Hall–Kier alpha value is -1.47. The van der Waals surface area contributed by atoms with Gasteiger partial charge >= 0.3 is 0 Å². The van der Waals surface area contributed by atoms with Gasteiger partial charge in [-0.1, -0.05) is 0 Å². The quantitative estimate of drug-likeness (QED) is 0.865. The number of hydrogen-bond donors (Lipinski definition) is 1. The third-order valence-electron chi connectivity index (χ3n) is 3.43. The zero-order valence-corrected chi connectivity index (χ0v) is 12.2. The van der Waals surface area contributed by atoms with E-state index in [0.29, 0.717) is 11.6 Å². The SMILES string of the molecule is Nc1nc2c(s1)C(S(=O)(=O)c1ccc(F)cc1)CCC2. The highest BCUT2D eigenvalue weighted by Crippen LogP contribution is 2.42. The molecule has 0 bridgehead atoms. The van der Waals surface area contributed by atoms with Gasteiger partial charge in [0.05, 0.1) is 10.6 Å². The zero-order valence-electron chi connectivity index (χ0n) is 10.5. The van der Waals surface area contributed by atoms with E-state index in [-0.39, 0.29) is 4.90 Å². The fourth-order valence-electron chi connectivity index (χ4n) is 2.48. The number of rotatable bonds is 2. The Bertz CT molecular complexity index is 738. The normalized spacial score (nSPS) is 18.8. The van der Waals surface area contributed by atoms with Gasteiger partial charge in [-0.3, -0.25) is 0 Å². The number of aryl methyl sites for hydroxylation is 1. The number of nitrogens with two attached hydrogens (primary N) is 1. The maximum atomic E-state index is 12.9. The van der Waals surface area contributed by atoms with Gasteiger partial charge in [-0.05, 0) is 43.5 Å². The first-order chi connectivity index (χ1) is 9.48. The molecule has 0 spiro atoms. The van der Waals surface area contributed by atoms with Crippen LogP contribution in [0.4, 0.5) is 9.52 Å². The molecule has 7 heteroatoms. The molecule has 4 nitrogen and oxygen atoms in total. The van der Waals surface area contributed by atoms with Gasteiger partial charge < -0.3 is 5.73 Å². The summed E-state index contributed by atoms with van der Waals surface area (Å²) in [5.41, 5.74) is 6.47. The molecule has 1 aromatic carbocycles.